The predicted molar refractivity (Wildman–Crippen MR) is 69.3 cm³/mol. The summed E-state index contributed by atoms with van der Waals surface area (Å²) in [7, 11) is 0. The third kappa shape index (κ3) is 2.53. The Morgan fingerprint density at radius 3 is 3.12 bits per heavy atom. The Morgan fingerprint density at radius 2 is 2.41 bits per heavy atom. The minimum atomic E-state index is 0.121. The van der Waals surface area contributed by atoms with E-state index < -0.39 is 0 Å². The summed E-state index contributed by atoms with van der Waals surface area (Å²) in [5.74, 6) is 0.121. The van der Waals surface area contributed by atoms with Gasteiger partial charge in [-0.05, 0) is 36.8 Å². The molecule has 1 unspecified atom stereocenters. The van der Waals surface area contributed by atoms with Gasteiger partial charge in [-0.2, -0.15) is 0 Å². The van der Waals surface area contributed by atoms with Crippen molar-refractivity contribution in [1.82, 2.24) is 4.90 Å². The van der Waals surface area contributed by atoms with Gasteiger partial charge in [0.25, 0.3) is 0 Å². The molecule has 0 saturated heterocycles. The zero-order chi connectivity index (χ0) is 12.3. The van der Waals surface area contributed by atoms with Gasteiger partial charge in [-0.15, -0.1) is 11.3 Å². The molecule has 1 aromatic heterocycles. The average Bonchev–Trinajstić information content (AvgIpc) is 2.82. The van der Waals surface area contributed by atoms with Crippen molar-refractivity contribution < 1.29 is 9.53 Å². The van der Waals surface area contributed by atoms with Gasteiger partial charge in [0.15, 0.2) is 0 Å². The Kier molecular flexibility index (Phi) is 4.18. The molecule has 1 aliphatic heterocycles. The molecule has 0 fully saturated rings. The standard InChI is InChI=1S/C13H19NO2S/c1-3-11-10-6-8-17-12(10)5-7-14(11)13(15)9-16-4-2/h6,8,11H,3-5,7,9H2,1-2H3. The summed E-state index contributed by atoms with van der Waals surface area (Å²) in [6, 6.07) is 2.41. The van der Waals surface area contributed by atoms with Crippen LogP contribution in [0.1, 0.15) is 36.8 Å². The van der Waals surface area contributed by atoms with Crippen molar-refractivity contribution in [2.75, 3.05) is 19.8 Å². The van der Waals surface area contributed by atoms with Crippen molar-refractivity contribution in [2.45, 2.75) is 32.7 Å². The van der Waals surface area contributed by atoms with Gasteiger partial charge >= 0.3 is 0 Å². The number of hydrogen-bond acceptors (Lipinski definition) is 3. The summed E-state index contributed by atoms with van der Waals surface area (Å²) in [5, 5.41) is 2.13. The molecule has 0 aromatic carbocycles. The molecule has 0 saturated carbocycles. The predicted octanol–water partition coefficient (Wildman–Crippen LogP) is 2.62. The van der Waals surface area contributed by atoms with Gasteiger partial charge in [0.1, 0.15) is 6.61 Å². The van der Waals surface area contributed by atoms with Crippen molar-refractivity contribution in [3.63, 3.8) is 0 Å². The van der Waals surface area contributed by atoms with E-state index in [0.717, 1.165) is 19.4 Å². The number of ether oxygens (including phenoxy) is 1. The van der Waals surface area contributed by atoms with E-state index >= 15 is 0 Å². The van der Waals surface area contributed by atoms with E-state index in [0.29, 0.717) is 6.61 Å². The van der Waals surface area contributed by atoms with Gasteiger partial charge in [-0.3, -0.25) is 4.79 Å². The molecule has 1 atom stereocenters. The van der Waals surface area contributed by atoms with E-state index in [9.17, 15) is 4.79 Å². The van der Waals surface area contributed by atoms with E-state index in [4.69, 9.17) is 4.74 Å². The normalized spacial score (nSPS) is 19.2. The molecule has 3 nitrogen and oxygen atoms in total. The Bertz CT molecular complexity index is 389. The number of carbonyl (C=O) groups is 1. The first-order chi connectivity index (χ1) is 8.27. The average molecular weight is 253 g/mol. The first-order valence-corrected chi connectivity index (χ1v) is 7.09. The second-order valence-electron chi connectivity index (χ2n) is 4.20. The number of nitrogens with zero attached hydrogens (tertiary/aromatic N) is 1. The molecule has 0 bridgehead atoms. The number of fused-ring (bicyclic) bond motifs is 1. The number of rotatable bonds is 4. The lowest BCUT2D eigenvalue weighted by atomic mass is 9.98. The Balaban J connectivity index is 2.12. The minimum absolute atomic E-state index is 0.121. The molecule has 1 aliphatic rings. The third-order valence-corrected chi connectivity index (χ3v) is 4.23. The lowest BCUT2D eigenvalue weighted by molar-refractivity contribution is -0.139. The van der Waals surface area contributed by atoms with E-state index in [1.807, 2.05) is 11.8 Å². The van der Waals surface area contributed by atoms with Crippen LogP contribution in [0.2, 0.25) is 0 Å². The van der Waals surface area contributed by atoms with Crippen molar-refractivity contribution in [3.05, 3.63) is 21.9 Å². The van der Waals surface area contributed by atoms with Crippen molar-refractivity contribution in [1.29, 1.82) is 0 Å². The Labute approximate surface area is 106 Å². The van der Waals surface area contributed by atoms with Gasteiger partial charge in [-0.1, -0.05) is 6.92 Å². The molecule has 2 rings (SSSR count). The fourth-order valence-electron chi connectivity index (χ4n) is 2.41. The lowest BCUT2D eigenvalue weighted by Crippen LogP contribution is -2.41. The van der Waals surface area contributed by atoms with Crippen LogP contribution in [0.15, 0.2) is 11.4 Å². The third-order valence-electron chi connectivity index (χ3n) is 3.23. The second kappa shape index (κ2) is 5.65. The molecule has 0 aliphatic carbocycles. The van der Waals surface area contributed by atoms with E-state index in [1.54, 1.807) is 11.3 Å². The lowest BCUT2D eigenvalue weighted by Gasteiger charge is -2.35. The molecule has 0 radical (unpaired) electrons. The quantitative estimate of drug-likeness (QED) is 0.825. The fourth-order valence-corrected chi connectivity index (χ4v) is 3.34. The highest BCUT2D eigenvalue weighted by Crippen LogP contribution is 2.35. The van der Waals surface area contributed by atoms with Crippen LogP contribution in [-0.4, -0.2) is 30.6 Å². The summed E-state index contributed by atoms with van der Waals surface area (Å²) in [6.45, 7) is 5.70. The number of amides is 1. The molecular formula is C13H19NO2S. The second-order valence-corrected chi connectivity index (χ2v) is 5.20. The molecule has 17 heavy (non-hydrogen) atoms. The molecule has 4 heteroatoms. The van der Waals surface area contributed by atoms with Crippen LogP contribution in [0.5, 0.6) is 0 Å². The zero-order valence-corrected chi connectivity index (χ0v) is 11.3. The highest BCUT2D eigenvalue weighted by Gasteiger charge is 2.29. The van der Waals surface area contributed by atoms with E-state index in [1.165, 1.54) is 10.4 Å². The molecule has 0 N–H and O–H groups in total. The van der Waals surface area contributed by atoms with Crippen LogP contribution >= 0.6 is 11.3 Å². The van der Waals surface area contributed by atoms with Gasteiger partial charge < -0.3 is 9.64 Å². The molecule has 1 aromatic rings. The summed E-state index contributed by atoms with van der Waals surface area (Å²) in [6.07, 6.45) is 1.96. The van der Waals surface area contributed by atoms with Gasteiger partial charge in [0, 0.05) is 18.0 Å². The van der Waals surface area contributed by atoms with E-state index in [2.05, 4.69) is 18.4 Å². The first-order valence-electron chi connectivity index (χ1n) is 6.21. The van der Waals surface area contributed by atoms with Crippen molar-refractivity contribution in [2.24, 2.45) is 0 Å². The van der Waals surface area contributed by atoms with Crippen LogP contribution < -0.4 is 0 Å². The molecule has 0 spiro atoms. The van der Waals surface area contributed by atoms with Gasteiger partial charge in [0.05, 0.1) is 6.04 Å². The fraction of sp³-hybridized carbons (Fsp3) is 0.615. The van der Waals surface area contributed by atoms with Crippen LogP contribution in [0.4, 0.5) is 0 Å². The van der Waals surface area contributed by atoms with Crippen LogP contribution in [0, 0.1) is 0 Å². The first kappa shape index (κ1) is 12.6. The molecule has 94 valence electrons. The largest absolute Gasteiger partial charge is 0.372 e. The number of hydrogen-bond donors (Lipinski definition) is 0. The number of thiophene rings is 1. The van der Waals surface area contributed by atoms with Crippen LogP contribution in [0.3, 0.4) is 0 Å². The number of carbonyl (C=O) groups excluding carboxylic acids is 1. The van der Waals surface area contributed by atoms with Crippen LogP contribution in [0.25, 0.3) is 0 Å². The SMILES string of the molecule is CCOCC(=O)N1CCc2sccc2C1CC. The summed E-state index contributed by atoms with van der Waals surface area (Å²) in [4.78, 5) is 15.5. The summed E-state index contributed by atoms with van der Waals surface area (Å²) >= 11 is 1.81. The highest BCUT2D eigenvalue weighted by molar-refractivity contribution is 7.10. The molecule has 1 amide bonds. The van der Waals surface area contributed by atoms with Crippen molar-refractivity contribution in [3.8, 4) is 0 Å². The van der Waals surface area contributed by atoms with Crippen molar-refractivity contribution >= 4 is 17.2 Å². The zero-order valence-electron chi connectivity index (χ0n) is 10.4. The van der Waals surface area contributed by atoms with E-state index in [-0.39, 0.29) is 18.6 Å². The summed E-state index contributed by atoms with van der Waals surface area (Å²) < 4.78 is 5.22. The maximum absolute atomic E-state index is 12.1. The minimum Gasteiger partial charge on any atom is -0.372 e. The Morgan fingerprint density at radius 1 is 1.59 bits per heavy atom. The Hall–Kier alpha value is -0.870. The smallest absolute Gasteiger partial charge is 0.249 e. The maximum atomic E-state index is 12.1. The molecule has 2 heterocycles. The van der Waals surface area contributed by atoms with Gasteiger partial charge in [-0.25, -0.2) is 0 Å². The molecular weight excluding hydrogens is 234 g/mol. The van der Waals surface area contributed by atoms with Gasteiger partial charge in [0.2, 0.25) is 5.91 Å². The van der Waals surface area contributed by atoms with Crippen LogP contribution in [-0.2, 0) is 16.0 Å². The topological polar surface area (TPSA) is 29.5 Å². The summed E-state index contributed by atoms with van der Waals surface area (Å²) in [5.41, 5.74) is 1.34. The highest BCUT2D eigenvalue weighted by atomic mass is 32.1. The monoisotopic (exact) mass is 253 g/mol. The maximum Gasteiger partial charge on any atom is 0.249 e.